The highest BCUT2D eigenvalue weighted by Gasteiger charge is 2.46. The number of hydrogen-bond acceptors (Lipinski definition) is 7. The first-order valence-corrected chi connectivity index (χ1v) is 12.6. The Kier molecular flexibility index (Phi) is 7.54. The normalized spacial score (nSPS) is 17.4. The van der Waals surface area contributed by atoms with Crippen LogP contribution in [0.1, 0.15) is 48.8 Å². The SMILES string of the molecule is CCN(CC)CCCN1C(=O)C(=O)C(=C(O)c2nc3c(C)cccn3c2C)C1c1ccc(O)c(OC)c1. The zero-order valence-electron chi connectivity index (χ0n) is 22.0. The van der Waals surface area contributed by atoms with E-state index in [4.69, 9.17) is 4.74 Å². The number of nitrogens with zero attached hydrogens (tertiary/aromatic N) is 4. The van der Waals surface area contributed by atoms with Crippen molar-refractivity contribution >= 4 is 23.1 Å². The van der Waals surface area contributed by atoms with Crippen LogP contribution in [0.15, 0.2) is 42.1 Å². The summed E-state index contributed by atoms with van der Waals surface area (Å²) in [6.07, 6.45) is 2.50. The van der Waals surface area contributed by atoms with Crippen LogP contribution in [0.3, 0.4) is 0 Å². The third-order valence-electron chi connectivity index (χ3n) is 7.14. The molecule has 0 radical (unpaired) electrons. The molecule has 1 aliphatic rings. The molecular weight excluding hydrogens is 472 g/mol. The van der Waals surface area contributed by atoms with E-state index in [-0.39, 0.29) is 28.5 Å². The van der Waals surface area contributed by atoms with E-state index in [1.165, 1.54) is 18.1 Å². The monoisotopic (exact) mass is 506 g/mol. The van der Waals surface area contributed by atoms with Gasteiger partial charge in [-0.2, -0.15) is 0 Å². The summed E-state index contributed by atoms with van der Waals surface area (Å²) in [6.45, 7) is 10.8. The van der Waals surface area contributed by atoms with Crippen LogP contribution in [-0.4, -0.2) is 74.4 Å². The number of pyridine rings is 1. The molecule has 196 valence electrons. The second-order valence-electron chi connectivity index (χ2n) is 9.23. The Morgan fingerprint density at radius 3 is 2.54 bits per heavy atom. The molecule has 9 nitrogen and oxygen atoms in total. The second kappa shape index (κ2) is 10.6. The largest absolute Gasteiger partial charge is 0.505 e. The second-order valence-corrected chi connectivity index (χ2v) is 9.23. The number of aryl methyl sites for hydroxylation is 2. The predicted molar refractivity (Wildman–Crippen MR) is 141 cm³/mol. The van der Waals surface area contributed by atoms with Crippen LogP contribution in [0, 0.1) is 13.8 Å². The Morgan fingerprint density at radius 2 is 1.89 bits per heavy atom. The third kappa shape index (κ3) is 4.67. The number of carbonyl (C=O) groups excluding carboxylic acids is 2. The molecule has 2 N–H and O–H groups in total. The van der Waals surface area contributed by atoms with Crippen LogP contribution in [0.5, 0.6) is 11.5 Å². The molecule has 4 rings (SSSR count). The van der Waals surface area contributed by atoms with Crippen molar-refractivity contribution in [2.75, 3.05) is 33.3 Å². The van der Waals surface area contributed by atoms with E-state index in [1.54, 1.807) is 12.1 Å². The summed E-state index contributed by atoms with van der Waals surface area (Å²) in [5, 5.41) is 21.7. The van der Waals surface area contributed by atoms with Gasteiger partial charge in [-0.3, -0.25) is 9.59 Å². The number of ketones is 1. The minimum absolute atomic E-state index is 0.0234. The standard InChI is InChI=1S/C28H34N4O5/c1-6-30(7-2)13-9-15-32-24(19-11-12-20(33)21(16-19)37-5)22(26(35)28(32)36)25(34)23-18(4)31-14-8-10-17(3)27(31)29-23/h8,10-12,14,16,24,33-34H,6-7,9,13,15H2,1-5H3. The number of rotatable bonds is 9. The fraction of sp³-hybridized carbons (Fsp3) is 0.393. The number of fused-ring (bicyclic) bond motifs is 1. The molecule has 0 spiro atoms. The van der Waals surface area contributed by atoms with E-state index in [2.05, 4.69) is 23.7 Å². The number of likely N-dealkylation sites (tertiary alicyclic amines) is 1. The van der Waals surface area contributed by atoms with Gasteiger partial charge in [-0.1, -0.05) is 26.0 Å². The van der Waals surface area contributed by atoms with Gasteiger partial charge in [0.2, 0.25) is 0 Å². The van der Waals surface area contributed by atoms with Gasteiger partial charge >= 0.3 is 0 Å². The molecule has 1 aliphatic heterocycles. The molecule has 9 heteroatoms. The van der Waals surface area contributed by atoms with Gasteiger partial charge in [0.25, 0.3) is 11.7 Å². The lowest BCUT2D eigenvalue weighted by atomic mass is 9.96. The van der Waals surface area contributed by atoms with Gasteiger partial charge < -0.3 is 29.2 Å². The zero-order chi connectivity index (χ0) is 26.9. The lowest BCUT2D eigenvalue weighted by Gasteiger charge is -2.27. The average Bonchev–Trinajstić information content (AvgIpc) is 3.36. The van der Waals surface area contributed by atoms with Gasteiger partial charge in [0.1, 0.15) is 11.3 Å². The van der Waals surface area contributed by atoms with Crippen molar-refractivity contribution < 1.29 is 24.5 Å². The Labute approximate surface area is 216 Å². The summed E-state index contributed by atoms with van der Waals surface area (Å²) in [5.74, 6) is -1.59. The van der Waals surface area contributed by atoms with E-state index in [9.17, 15) is 19.8 Å². The number of aliphatic hydroxyl groups is 1. The topological polar surface area (TPSA) is 108 Å². The number of hydrogen-bond donors (Lipinski definition) is 2. The Bertz CT molecular complexity index is 1370. The van der Waals surface area contributed by atoms with Crippen molar-refractivity contribution in [1.29, 1.82) is 0 Å². The number of benzene rings is 1. The van der Waals surface area contributed by atoms with Crippen LogP contribution in [-0.2, 0) is 9.59 Å². The smallest absolute Gasteiger partial charge is 0.295 e. The summed E-state index contributed by atoms with van der Waals surface area (Å²) < 4.78 is 7.14. The molecule has 2 aromatic heterocycles. The van der Waals surface area contributed by atoms with Gasteiger partial charge in [0, 0.05) is 12.7 Å². The molecule has 1 fully saturated rings. The predicted octanol–water partition coefficient (Wildman–Crippen LogP) is 3.82. The van der Waals surface area contributed by atoms with Gasteiger partial charge in [0.15, 0.2) is 17.3 Å². The Morgan fingerprint density at radius 1 is 1.16 bits per heavy atom. The molecule has 1 unspecified atom stereocenters. The van der Waals surface area contributed by atoms with E-state index < -0.39 is 17.7 Å². The number of Topliss-reactive ketones (excluding diaryl/α,β-unsaturated/α-hetero) is 1. The average molecular weight is 507 g/mol. The van der Waals surface area contributed by atoms with Crippen LogP contribution in [0.2, 0.25) is 0 Å². The molecular formula is C28H34N4O5. The van der Waals surface area contributed by atoms with E-state index in [0.29, 0.717) is 29.9 Å². The third-order valence-corrected chi connectivity index (χ3v) is 7.14. The summed E-state index contributed by atoms with van der Waals surface area (Å²) in [5.41, 5.74) is 3.02. The van der Waals surface area contributed by atoms with Gasteiger partial charge in [-0.15, -0.1) is 0 Å². The maximum absolute atomic E-state index is 13.4. The van der Waals surface area contributed by atoms with E-state index in [1.807, 2.05) is 36.6 Å². The number of aromatic hydroxyl groups is 1. The molecule has 0 bridgehead atoms. The maximum atomic E-state index is 13.4. The molecule has 1 aromatic carbocycles. The van der Waals surface area contributed by atoms with Gasteiger partial charge in [-0.05, 0) is 69.2 Å². The summed E-state index contributed by atoms with van der Waals surface area (Å²) in [6, 6.07) is 7.65. The van der Waals surface area contributed by atoms with Crippen LogP contribution >= 0.6 is 0 Å². The fourth-order valence-corrected chi connectivity index (χ4v) is 5.00. The molecule has 1 saturated heterocycles. The number of imidazole rings is 1. The lowest BCUT2D eigenvalue weighted by molar-refractivity contribution is -0.140. The first-order valence-electron chi connectivity index (χ1n) is 12.6. The van der Waals surface area contributed by atoms with Crippen molar-refractivity contribution in [2.24, 2.45) is 0 Å². The fourth-order valence-electron chi connectivity index (χ4n) is 5.00. The van der Waals surface area contributed by atoms with Crippen molar-refractivity contribution in [1.82, 2.24) is 19.2 Å². The highest BCUT2D eigenvalue weighted by molar-refractivity contribution is 6.46. The van der Waals surface area contributed by atoms with Crippen molar-refractivity contribution in [3.8, 4) is 11.5 Å². The van der Waals surface area contributed by atoms with Crippen LogP contribution in [0.4, 0.5) is 0 Å². The molecule has 1 atom stereocenters. The van der Waals surface area contributed by atoms with Crippen molar-refractivity contribution in [2.45, 2.75) is 40.2 Å². The number of aliphatic hydroxyl groups excluding tert-OH is 1. The number of amides is 1. The van der Waals surface area contributed by atoms with E-state index in [0.717, 1.165) is 25.2 Å². The van der Waals surface area contributed by atoms with Crippen LogP contribution in [0.25, 0.3) is 11.4 Å². The first-order chi connectivity index (χ1) is 17.7. The molecule has 0 saturated carbocycles. The number of phenols is 1. The number of phenolic OH excluding ortho intramolecular Hbond substituents is 1. The number of methoxy groups -OCH3 is 1. The molecule has 3 heterocycles. The molecule has 0 aliphatic carbocycles. The maximum Gasteiger partial charge on any atom is 0.295 e. The highest BCUT2D eigenvalue weighted by Crippen LogP contribution is 2.42. The quantitative estimate of drug-likeness (QED) is 0.258. The van der Waals surface area contributed by atoms with E-state index >= 15 is 0 Å². The Balaban J connectivity index is 1.85. The number of ether oxygens (including phenoxy) is 1. The first kappa shape index (κ1) is 26.2. The highest BCUT2D eigenvalue weighted by atomic mass is 16.5. The number of carbonyl (C=O) groups is 2. The Hall–Kier alpha value is -3.85. The van der Waals surface area contributed by atoms with Gasteiger partial charge in [-0.25, -0.2) is 4.98 Å². The molecule has 3 aromatic rings. The van der Waals surface area contributed by atoms with Crippen LogP contribution < -0.4 is 4.74 Å². The lowest BCUT2D eigenvalue weighted by Crippen LogP contribution is -2.33. The molecule has 37 heavy (non-hydrogen) atoms. The molecule has 1 amide bonds. The van der Waals surface area contributed by atoms with Crippen molar-refractivity contribution in [3.05, 3.63) is 64.6 Å². The van der Waals surface area contributed by atoms with Gasteiger partial charge in [0.05, 0.1) is 24.4 Å². The number of aromatic nitrogens is 2. The zero-order valence-corrected chi connectivity index (χ0v) is 22.0. The summed E-state index contributed by atoms with van der Waals surface area (Å²) in [7, 11) is 1.43. The minimum Gasteiger partial charge on any atom is -0.505 e. The summed E-state index contributed by atoms with van der Waals surface area (Å²) in [4.78, 5) is 35.1. The summed E-state index contributed by atoms with van der Waals surface area (Å²) >= 11 is 0. The minimum atomic E-state index is -0.850. The van der Waals surface area contributed by atoms with Crippen molar-refractivity contribution in [3.63, 3.8) is 0 Å².